The van der Waals surface area contributed by atoms with Crippen LogP contribution in [0.4, 0.5) is 0 Å². The fraction of sp³-hybridized carbons (Fsp3) is 0.438. The van der Waals surface area contributed by atoms with E-state index >= 15 is 0 Å². The zero-order valence-corrected chi connectivity index (χ0v) is 23.2. The van der Waals surface area contributed by atoms with Crippen molar-refractivity contribution in [3.63, 3.8) is 0 Å². The van der Waals surface area contributed by atoms with Crippen LogP contribution in [0.15, 0.2) is 46.9 Å². The molecule has 0 radical (unpaired) electrons. The Morgan fingerprint density at radius 1 is 1.02 bits per heavy atom. The zero-order chi connectivity index (χ0) is 28.1. The molecule has 1 amide bonds. The molecule has 2 saturated carbocycles. The summed E-state index contributed by atoms with van der Waals surface area (Å²) >= 11 is 0. The van der Waals surface area contributed by atoms with Gasteiger partial charge in [0.05, 0.1) is 29.8 Å². The Balaban J connectivity index is 1.46. The average molecular weight is 541 g/mol. The Kier molecular flexibility index (Phi) is 5.19. The molecule has 8 heteroatoms. The molecule has 3 heterocycles. The highest BCUT2D eigenvalue weighted by atomic mass is 16.5. The number of aromatic carboxylic acids is 1. The van der Waals surface area contributed by atoms with Crippen molar-refractivity contribution in [3.8, 4) is 17.0 Å². The molecule has 2 aliphatic heterocycles. The highest BCUT2D eigenvalue weighted by Crippen LogP contribution is 2.62. The first-order chi connectivity index (χ1) is 19.1. The molecule has 2 aromatic rings. The van der Waals surface area contributed by atoms with Gasteiger partial charge in [0.1, 0.15) is 17.3 Å². The number of amides is 1. The van der Waals surface area contributed by atoms with Crippen molar-refractivity contribution in [2.45, 2.75) is 70.3 Å². The average Bonchev–Trinajstić information content (AvgIpc) is 3.85. The van der Waals surface area contributed by atoms with Crippen LogP contribution in [0.25, 0.3) is 11.3 Å². The summed E-state index contributed by atoms with van der Waals surface area (Å²) < 4.78 is 12.4. The molecule has 1 N–H and O–H groups in total. The number of pyridine rings is 1. The molecule has 40 heavy (non-hydrogen) atoms. The number of ketones is 1. The number of methoxy groups -OCH3 is 1. The van der Waals surface area contributed by atoms with Crippen LogP contribution in [-0.4, -0.2) is 52.3 Å². The largest absolute Gasteiger partial charge is 0.496 e. The number of hydrogen-bond donors (Lipinski definition) is 1. The summed E-state index contributed by atoms with van der Waals surface area (Å²) in [5.74, 6) is 0.162. The Morgan fingerprint density at radius 2 is 1.75 bits per heavy atom. The normalized spacial score (nSPS) is 23.7. The molecule has 0 saturated heterocycles. The van der Waals surface area contributed by atoms with Gasteiger partial charge in [-0.3, -0.25) is 9.59 Å². The fourth-order valence-corrected chi connectivity index (χ4v) is 7.09. The van der Waals surface area contributed by atoms with Crippen molar-refractivity contribution < 1.29 is 29.0 Å². The summed E-state index contributed by atoms with van der Waals surface area (Å²) in [5.41, 5.74) is 4.19. The van der Waals surface area contributed by atoms with Gasteiger partial charge in [-0.15, -0.1) is 0 Å². The summed E-state index contributed by atoms with van der Waals surface area (Å²) in [5, 5.41) is 9.70. The second kappa shape index (κ2) is 8.29. The lowest BCUT2D eigenvalue weighted by Crippen LogP contribution is -2.47. The van der Waals surface area contributed by atoms with Crippen LogP contribution in [0.3, 0.4) is 0 Å². The third-order valence-electron chi connectivity index (χ3n) is 9.88. The van der Waals surface area contributed by atoms with Gasteiger partial charge in [0.2, 0.25) is 0 Å². The quantitative estimate of drug-likeness (QED) is 0.566. The van der Waals surface area contributed by atoms with E-state index in [2.05, 4.69) is 4.98 Å². The molecular weight excluding hydrogens is 508 g/mol. The van der Waals surface area contributed by atoms with Gasteiger partial charge in [-0.2, -0.15) is 0 Å². The van der Waals surface area contributed by atoms with E-state index in [1.165, 1.54) is 0 Å². The smallest absolute Gasteiger partial charge is 0.354 e. The van der Waals surface area contributed by atoms with Crippen molar-refractivity contribution in [1.82, 2.24) is 9.88 Å². The number of hydrogen-bond acceptors (Lipinski definition) is 6. The van der Waals surface area contributed by atoms with E-state index in [4.69, 9.17) is 9.47 Å². The van der Waals surface area contributed by atoms with Crippen LogP contribution in [-0.2, 0) is 14.3 Å². The summed E-state index contributed by atoms with van der Waals surface area (Å²) in [7, 11) is 3.44. The number of ether oxygens (including phenoxy) is 2. The standard InChI is InChI=1S/C32H32N2O6/c1-16-5-7-19(33-28(16)30(37)38)18-6-8-21(39-4)24(17(18)2)27-25-20(35)13-31(9-10-31)14-22(25)40-23-15-32(11-12-32)34(3)29(36)26(23)27/h5-8,27H,9-15H2,1-4H3,(H,37,38)/t27-/m1/s1. The Morgan fingerprint density at radius 3 is 2.40 bits per heavy atom. The third kappa shape index (κ3) is 3.50. The number of rotatable bonds is 4. The van der Waals surface area contributed by atoms with Crippen molar-refractivity contribution in [2.75, 3.05) is 14.2 Å². The molecule has 206 valence electrons. The summed E-state index contributed by atoms with van der Waals surface area (Å²) in [6.45, 7) is 3.65. The summed E-state index contributed by atoms with van der Waals surface area (Å²) in [6, 6.07) is 7.24. The number of likely N-dealkylation sites (N-methyl/N-ethyl adjacent to an activating group) is 1. The molecular formula is C32H32N2O6. The minimum absolute atomic E-state index is 0.00803. The SMILES string of the molecule is COc1ccc(-c2ccc(C)c(C(=O)O)n2)c(C)c1[C@@H]1C2=C(CC3(CC3)CC2=O)OC2=C1C(=O)N(C)C1(CC1)C2. The number of benzene rings is 1. The van der Waals surface area contributed by atoms with E-state index in [0.29, 0.717) is 58.9 Å². The lowest BCUT2D eigenvalue weighted by molar-refractivity contribution is -0.131. The lowest BCUT2D eigenvalue weighted by atomic mass is 9.70. The van der Waals surface area contributed by atoms with Gasteiger partial charge in [0.25, 0.3) is 5.91 Å². The maximum Gasteiger partial charge on any atom is 0.354 e. The molecule has 3 aliphatic carbocycles. The number of carbonyl (C=O) groups is 3. The number of Topliss-reactive ketones (excluding diaryl/α,β-unsaturated/α-hetero) is 1. The van der Waals surface area contributed by atoms with Crippen LogP contribution in [0, 0.1) is 19.3 Å². The molecule has 7 rings (SSSR count). The topological polar surface area (TPSA) is 106 Å². The fourth-order valence-electron chi connectivity index (χ4n) is 7.09. The number of aryl methyl sites for hydroxylation is 1. The number of carbonyl (C=O) groups excluding carboxylic acids is 2. The van der Waals surface area contributed by atoms with Gasteiger partial charge in [-0.1, -0.05) is 6.07 Å². The number of carboxylic acids is 1. The van der Waals surface area contributed by atoms with Crippen LogP contribution in [0.2, 0.25) is 0 Å². The Hall–Kier alpha value is -3.94. The summed E-state index contributed by atoms with van der Waals surface area (Å²) in [4.78, 5) is 46.1. The second-order valence-corrected chi connectivity index (χ2v) is 12.3. The minimum atomic E-state index is -1.09. The molecule has 1 atom stereocenters. The molecule has 1 aromatic heterocycles. The van der Waals surface area contributed by atoms with E-state index in [9.17, 15) is 19.5 Å². The number of allylic oxidation sites excluding steroid dienone is 2. The van der Waals surface area contributed by atoms with E-state index in [1.807, 2.05) is 31.0 Å². The van der Waals surface area contributed by atoms with Gasteiger partial charge in [-0.25, -0.2) is 9.78 Å². The number of carboxylic acid groups (broad SMARTS) is 1. The van der Waals surface area contributed by atoms with E-state index < -0.39 is 11.9 Å². The zero-order valence-electron chi connectivity index (χ0n) is 23.2. The molecule has 2 spiro atoms. The van der Waals surface area contributed by atoms with Crippen molar-refractivity contribution in [3.05, 3.63) is 69.3 Å². The van der Waals surface area contributed by atoms with E-state index in [1.54, 1.807) is 26.2 Å². The van der Waals surface area contributed by atoms with Crippen molar-refractivity contribution >= 4 is 17.7 Å². The predicted octanol–water partition coefficient (Wildman–Crippen LogP) is 5.23. The van der Waals surface area contributed by atoms with Crippen LogP contribution in [0.1, 0.15) is 78.0 Å². The first-order valence-electron chi connectivity index (χ1n) is 13.9. The molecule has 1 aromatic carbocycles. The van der Waals surface area contributed by atoms with Gasteiger partial charge < -0.3 is 19.5 Å². The van der Waals surface area contributed by atoms with Crippen LogP contribution in [0.5, 0.6) is 5.75 Å². The predicted molar refractivity (Wildman–Crippen MR) is 146 cm³/mol. The van der Waals surface area contributed by atoms with Crippen molar-refractivity contribution in [1.29, 1.82) is 0 Å². The highest BCUT2D eigenvalue weighted by Gasteiger charge is 2.59. The Bertz CT molecular complexity index is 1610. The monoisotopic (exact) mass is 540 g/mol. The van der Waals surface area contributed by atoms with Gasteiger partial charge in [-0.05, 0) is 74.3 Å². The van der Waals surface area contributed by atoms with E-state index in [0.717, 1.165) is 42.4 Å². The molecule has 5 aliphatic rings. The summed E-state index contributed by atoms with van der Waals surface area (Å²) in [6.07, 6.45) is 5.73. The van der Waals surface area contributed by atoms with Gasteiger partial charge in [0.15, 0.2) is 11.5 Å². The first kappa shape index (κ1) is 25.1. The molecule has 8 nitrogen and oxygen atoms in total. The maximum atomic E-state index is 14.1. The number of aromatic nitrogens is 1. The number of nitrogens with zero attached hydrogens (tertiary/aromatic N) is 2. The maximum absolute atomic E-state index is 14.1. The van der Waals surface area contributed by atoms with Gasteiger partial charge in [0, 0.05) is 43.0 Å². The van der Waals surface area contributed by atoms with Crippen LogP contribution < -0.4 is 4.74 Å². The molecule has 2 fully saturated rings. The molecule has 0 unspecified atom stereocenters. The van der Waals surface area contributed by atoms with Gasteiger partial charge >= 0.3 is 5.97 Å². The highest BCUT2D eigenvalue weighted by molar-refractivity contribution is 6.06. The second-order valence-electron chi connectivity index (χ2n) is 12.3. The lowest BCUT2D eigenvalue weighted by Gasteiger charge is -2.43. The Labute approximate surface area is 232 Å². The minimum Gasteiger partial charge on any atom is -0.496 e. The van der Waals surface area contributed by atoms with Crippen LogP contribution >= 0.6 is 0 Å². The molecule has 0 bridgehead atoms. The van der Waals surface area contributed by atoms with E-state index in [-0.39, 0.29) is 28.3 Å². The third-order valence-corrected chi connectivity index (χ3v) is 9.88. The first-order valence-corrected chi connectivity index (χ1v) is 13.9. The van der Waals surface area contributed by atoms with Crippen molar-refractivity contribution in [2.24, 2.45) is 5.41 Å².